The summed E-state index contributed by atoms with van der Waals surface area (Å²) in [5, 5.41) is 7.89. The van der Waals surface area contributed by atoms with E-state index in [1.54, 1.807) is 11.3 Å². The average Bonchev–Trinajstić information content (AvgIpc) is 3.00. The van der Waals surface area contributed by atoms with Gasteiger partial charge in [0.2, 0.25) is 0 Å². The van der Waals surface area contributed by atoms with Crippen molar-refractivity contribution >= 4 is 22.1 Å². The van der Waals surface area contributed by atoms with Crippen molar-refractivity contribution in [3.63, 3.8) is 0 Å². The highest BCUT2D eigenvalue weighted by Gasteiger charge is 2.00. The predicted octanol–water partition coefficient (Wildman–Crippen LogP) is 4.07. The van der Waals surface area contributed by atoms with Gasteiger partial charge < -0.3 is 10.1 Å². The lowest BCUT2D eigenvalue weighted by Crippen LogP contribution is -2.20. The number of fused-ring (bicyclic) bond motifs is 1. The summed E-state index contributed by atoms with van der Waals surface area (Å²) in [6, 6.07) is 18.7. The van der Waals surface area contributed by atoms with Gasteiger partial charge in [-0.1, -0.05) is 42.5 Å². The molecule has 3 rings (SSSR count). The van der Waals surface area contributed by atoms with E-state index in [1.165, 1.54) is 15.6 Å². The topological polar surface area (TPSA) is 21.3 Å². The highest BCUT2D eigenvalue weighted by atomic mass is 32.1. The Bertz CT molecular complexity index is 658. The first-order chi connectivity index (χ1) is 9.93. The maximum absolute atomic E-state index is 5.88. The number of ether oxygens (including phenoxy) is 1. The standard InChI is InChI=1S/C17H17NOS/c1-2-8-16-14(5-1)6-3-9-17(16)19-11-10-18-13-15-7-4-12-20-15/h1-9,12,18H,10-11,13H2. The van der Waals surface area contributed by atoms with E-state index in [9.17, 15) is 0 Å². The van der Waals surface area contributed by atoms with E-state index in [1.807, 2.05) is 18.2 Å². The van der Waals surface area contributed by atoms with Crippen LogP contribution in [0.15, 0.2) is 60.0 Å². The van der Waals surface area contributed by atoms with Crippen LogP contribution in [-0.2, 0) is 6.54 Å². The number of nitrogens with one attached hydrogen (secondary N) is 1. The quantitative estimate of drug-likeness (QED) is 0.689. The van der Waals surface area contributed by atoms with Gasteiger partial charge in [0.05, 0.1) is 0 Å². The van der Waals surface area contributed by atoms with Gasteiger partial charge in [-0.05, 0) is 22.9 Å². The van der Waals surface area contributed by atoms with E-state index in [2.05, 4.69) is 47.1 Å². The molecule has 1 heterocycles. The van der Waals surface area contributed by atoms with E-state index >= 15 is 0 Å². The molecular weight excluding hydrogens is 266 g/mol. The Morgan fingerprint density at radius 3 is 2.75 bits per heavy atom. The van der Waals surface area contributed by atoms with Crippen LogP contribution in [0.5, 0.6) is 5.75 Å². The zero-order valence-corrected chi connectivity index (χ0v) is 12.0. The lowest BCUT2D eigenvalue weighted by molar-refractivity contribution is 0.317. The molecular formula is C17H17NOS. The molecule has 2 nitrogen and oxygen atoms in total. The number of thiophene rings is 1. The molecule has 0 aliphatic carbocycles. The van der Waals surface area contributed by atoms with Crippen LogP contribution in [-0.4, -0.2) is 13.2 Å². The molecule has 3 aromatic rings. The van der Waals surface area contributed by atoms with Crippen molar-refractivity contribution in [2.75, 3.05) is 13.2 Å². The number of hydrogen-bond donors (Lipinski definition) is 1. The van der Waals surface area contributed by atoms with E-state index in [0.717, 1.165) is 18.8 Å². The van der Waals surface area contributed by atoms with Gasteiger partial charge in [-0.25, -0.2) is 0 Å². The second kappa shape index (κ2) is 6.55. The van der Waals surface area contributed by atoms with E-state index in [-0.39, 0.29) is 0 Å². The maximum Gasteiger partial charge on any atom is 0.127 e. The average molecular weight is 283 g/mol. The SMILES string of the molecule is c1csc(CNCCOc2cccc3ccccc23)c1. The second-order valence-corrected chi connectivity index (χ2v) is 5.61. The van der Waals surface area contributed by atoms with Crippen LogP contribution in [0.25, 0.3) is 10.8 Å². The van der Waals surface area contributed by atoms with Crippen LogP contribution in [0.4, 0.5) is 0 Å². The van der Waals surface area contributed by atoms with Crippen molar-refractivity contribution in [3.05, 3.63) is 64.9 Å². The zero-order chi connectivity index (χ0) is 13.6. The van der Waals surface area contributed by atoms with Crippen LogP contribution in [0, 0.1) is 0 Å². The Kier molecular flexibility index (Phi) is 4.31. The smallest absolute Gasteiger partial charge is 0.127 e. The summed E-state index contributed by atoms with van der Waals surface area (Å²) < 4.78 is 5.88. The van der Waals surface area contributed by atoms with Crippen LogP contribution in [0.2, 0.25) is 0 Å². The van der Waals surface area contributed by atoms with E-state index < -0.39 is 0 Å². The summed E-state index contributed by atoms with van der Waals surface area (Å²) in [4.78, 5) is 1.36. The van der Waals surface area contributed by atoms with Gasteiger partial charge in [-0.3, -0.25) is 0 Å². The summed E-state index contributed by atoms with van der Waals surface area (Å²) in [6.45, 7) is 2.44. The Balaban J connectivity index is 1.52. The first-order valence-electron chi connectivity index (χ1n) is 6.77. The highest BCUT2D eigenvalue weighted by molar-refractivity contribution is 7.09. The van der Waals surface area contributed by atoms with Crippen molar-refractivity contribution in [1.82, 2.24) is 5.32 Å². The van der Waals surface area contributed by atoms with Crippen molar-refractivity contribution in [1.29, 1.82) is 0 Å². The minimum Gasteiger partial charge on any atom is -0.492 e. The molecule has 0 bridgehead atoms. The largest absolute Gasteiger partial charge is 0.492 e. The molecule has 2 aromatic carbocycles. The Morgan fingerprint density at radius 2 is 1.85 bits per heavy atom. The highest BCUT2D eigenvalue weighted by Crippen LogP contribution is 2.24. The second-order valence-electron chi connectivity index (χ2n) is 4.58. The normalized spacial score (nSPS) is 10.8. The zero-order valence-electron chi connectivity index (χ0n) is 11.2. The third kappa shape index (κ3) is 3.18. The monoisotopic (exact) mass is 283 g/mol. The van der Waals surface area contributed by atoms with Crippen LogP contribution in [0.3, 0.4) is 0 Å². The molecule has 0 fully saturated rings. The van der Waals surface area contributed by atoms with Gasteiger partial charge in [0, 0.05) is 23.4 Å². The van der Waals surface area contributed by atoms with Gasteiger partial charge in [-0.15, -0.1) is 11.3 Å². The molecule has 0 aliphatic rings. The summed E-state index contributed by atoms with van der Waals surface area (Å²) in [5.74, 6) is 0.959. The number of hydrogen-bond acceptors (Lipinski definition) is 3. The summed E-state index contributed by atoms with van der Waals surface area (Å²) in [7, 11) is 0. The van der Waals surface area contributed by atoms with Crippen molar-refractivity contribution < 1.29 is 4.74 Å². The van der Waals surface area contributed by atoms with E-state index in [0.29, 0.717) is 6.61 Å². The molecule has 1 N–H and O–H groups in total. The molecule has 0 saturated heterocycles. The van der Waals surface area contributed by atoms with Crippen LogP contribution < -0.4 is 10.1 Å². The van der Waals surface area contributed by atoms with Crippen LogP contribution in [0.1, 0.15) is 4.88 Å². The van der Waals surface area contributed by atoms with Gasteiger partial charge in [0.15, 0.2) is 0 Å². The van der Waals surface area contributed by atoms with Crippen LogP contribution >= 0.6 is 11.3 Å². The van der Waals surface area contributed by atoms with Crippen molar-refractivity contribution in [2.24, 2.45) is 0 Å². The first-order valence-corrected chi connectivity index (χ1v) is 7.65. The first kappa shape index (κ1) is 13.2. The lowest BCUT2D eigenvalue weighted by atomic mass is 10.1. The number of rotatable bonds is 6. The Morgan fingerprint density at radius 1 is 0.950 bits per heavy atom. The molecule has 0 aliphatic heterocycles. The molecule has 1 aromatic heterocycles. The molecule has 0 spiro atoms. The van der Waals surface area contributed by atoms with Gasteiger partial charge in [0.1, 0.15) is 12.4 Å². The molecule has 0 unspecified atom stereocenters. The fraction of sp³-hybridized carbons (Fsp3) is 0.176. The molecule has 102 valence electrons. The molecule has 0 radical (unpaired) electrons. The molecule has 0 saturated carbocycles. The summed E-state index contributed by atoms with van der Waals surface area (Å²) in [5.41, 5.74) is 0. The third-order valence-corrected chi connectivity index (χ3v) is 4.04. The number of benzene rings is 2. The molecule has 3 heteroatoms. The van der Waals surface area contributed by atoms with Gasteiger partial charge in [0.25, 0.3) is 0 Å². The minimum absolute atomic E-state index is 0.680. The van der Waals surface area contributed by atoms with Crippen molar-refractivity contribution in [3.8, 4) is 5.75 Å². The minimum atomic E-state index is 0.680. The fourth-order valence-electron chi connectivity index (χ4n) is 2.18. The lowest BCUT2D eigenvalue weighted by Gasteiger charge is -2.09. The third-order valence-electron chi connectivity index (χ3n) is 3.17. The fourth-order valence-corrected chi connectivity index (χ4v) is 2.85. The van der Waals surface area contributed by atoms with Gasteiger partial charge in [-0.2, -0.15) is 0 Å². The molecule has 20 heavy (non-hydrogen) atoms. The Hall–Kier alpha value is -1.84. The van der Waals surface area contributed by atoms with E-state index in [4.69, 9.17) is 4.74 Å². The molecule has 0 amide bonds. The van der Waals surface area contributed by atoms with Gasteiger partial charge >= 0.3 is 0 Å². The summed E-state index contributed by atoms with van der Waals surface area (Å²) >= 11 is 1.78. The maximum atomic E-state index is 5.88. The summed E-state index contributed by atoms with van der Waals surface area (Å²) in [6.07, 6.45) is 0. The van der Waals surface area contributed by atoms with Crippen molar-refractivity contribution in [2.45, 2.75) is 6.54 Å². The predicted molar refractivity (Wildman–Crippen MR) is 85.5 cm³/mol. The molecule has 0 atom stereocenters. The Labute approximate surface area is 123 Å².